The van der Waals surface area contributed by atoms with Crippen LogP contribution >= 0.6 is 11.8 Å². The fraction of sp³-hybridized carbons (Fsp3) is 0.308. The Bertz CT molecular complexity index is 554. The van der Waals surface area contributed by atoms with Crippen LogP contribution in [0.15, 0.2) is 35.6 Å². The van der Waals surface area contributed by atoms with E-state index in [2.05, 4.69) is 10.1 Å². The topological polar surface area (TPSA) is 57.0 Å². The van der Waals surface area contributed by atoms with Crippen molar-refractivity contribution < 1.29 is 9.53 Å². The van der Waals surface area contributed by atoms with Crippen molar-refractivity contribution in [3.05, 3.63) is 41.9 Å². The molecule has 0 amide bonds. The Morgan fingerprint density at radius 2 is 2.32 bits per heavy atom. The molecule has 0 aliphatic heterocycles. The first kappa shape index (κ1) is 13.6. The lowest BCUT2D eigenvalue weighted by molar-refractivity contribution is 0.0525. The van der Waals surface area contributed by atoms with Crippen LogP contribution < -0.4 is 0 Å². The maximum absolute atomic E-state index is 11.8. The summed E-state index contributed by atoms with van der Waals surface area (Å²) in [6, 6.07) is 5.74. The number of aromatic nitrogens is 3. The highest BCUT2D eigenvalue weighted by atomic mass is 32.2. The second-order valence-corrected chi connectivity index (χ2v) is 4.80. The number of esters is 1. The van der Waals surface area contributed by atoms with Crippen LogP contribution in [-0.2, 0) is 17.5 Å². The van der Waals surface area contributed by atoms with Gasteiger partial charge in [0.05, 0.1) is 23.5 Å². The highest BCUT2D eigenvalue weighted by Gasteiger charge is 2.17. The molecule has 100 valence electrons. The predicted octanol–water partition coefficient (Wildman–Crippen LogP) is 2.28. The Hall–Kier alpha value is -1.82. The predicted molar refractivity (Wildman–Crippen MR) is 73.0 cm³/mol. The number of pyridine rings is 1. The maximum Gasteiger partial charge on any atom is 0.341 e. The van der Waals surface area contributed by atoms with Crippen molar-refractivity contribution in [1.82, 2.24) is 14.8 Å². The highest BCUT2D eigenvalue weighted by molar-refractivity contribution is 7.98. The number of hydrogen-bond acceptors (Lipinski definition) is 5. The van der Waals surface area contributed by atoms with E-state index in [-0.39, 0.29) is 5.97 Å². The first-order valence-electron chi connectivity index (χ1n) is 5.94. The lowest BCUT2D eigenvalue weighted by Crippen LogP contribution is -2.08. The van der Waals surface area contributed by atoms with Crippen LogP contribution in [0.2, 0.25) is 0 Å². The Kier molecular flexibility index (Phi) is 4.57. The van der Waals surface area contributed by atoms with Gasteiger partial charge in [-0.05, 0) is 19.1 Å². The molecule has 0 atom stereocenters. The Morgan fingerprint density at radius 3 is 3.00 bits per heavy atom. The molecule has 2 heterocycles. The molecule has 0 N–H and O–H groups in total. The van der Waals surface area contributed by atoms with Gasteiger partial charge < -0.3 is 4.74 Å². The number of carbonyl (C=O) groups is 1. The SMILES string of the molecule is CCOC(=O)c1cnn(C)c1CSc1ccccn1. The lowest BCUT2D eigenvalue weighted by atomic mass is 10.3. The fourth-order valence-corrected chi connectivity index (χ4v) is 2.53. The average Bonchev–Trinajstić information content (AvgIpc) is 2.79. The molecule has 19 heavy (non-hydrogen) atoms. The fourth-order valence-electron chi connectivity index (χ4n) is 1.59. The smallest absolute Gasteiger partial charge is 0.341 e. The number of carbonyl (C=O) groups excluding carboxylic acids is 1. The molecule has 5 nitrogen and oxygen atoms in total. The van der Waals surface area contributed by atoms with Crippen LogP contribution in [-0.4, -0.2) is 27.3 Å². The summed E-state index contributed by atoms with van der Waals surface area (Å²) in [6.45, 7) is 2.15. The van der Waals surface area contributed by atoms with E-state index in [1.54, 1.807) is 35.8 Å². The third-order valence-electron chi connectivity index (χ3n) is 2.55. The largest absolute Gasteiger partial charge is 0.462 e. The number of nitrogens with zero attached hydrogens (tertiary/aromatic N) is 3. The van der Waals surface area contributed by atoms with Crippen LogP contribution in [0.25, 0.3) is 0 Å². The van der Waals surface area contributed by atoms with E-state index in [1.165, 1.54) is 0 Å². The van der Waals surface area contributed by atoms with E-state index in [0.29, 0.717) is 17.9 Å². The first-order valence-corrected chi connectivity index (χ1v) is 6.92. The van der Waals surface area contributed by atoms with E-state index in [4.69, 9.17) is 4.74 Å². The standard InChI is InChI=1S/C13H15N3O2S/c1-3-18-13(17)10-8-15-16(2)11(10)9-19-12-6-4-5-7-14-12/h4-8H,3,9H2,1-2H3. The van der Waals surface area contributed by atoms with Gasteiger partial charge in [-0.2, -0.15) is 5.10 Å². The van der Waals surface area contributed by atoms with Crippen LogP contribution in [0.4, 0.5) is 0 Å². The number of aryl methyl sites for hydroxylation is 1. The van der Waals surface area contributed by atoms with Gasteiger partial charge in [-0.25, -0.2) is 9.78 Å². The van der Waals surface area contributed by atoms with E-state index in [0.717, 1.165) is 10.7 Å². The Balaban J connectivity index is 2.11. The molecular weight excluding hydrogens is 262 g/mol. The van der Waals surface area contributed by atoms with Crippen molar-refractivity contribution in [3.63, 3.8) is 0 Å². The molecule has 6 heteroatoms. The summed E-state index contributed by atoms with van der Waals surface area (Å²) in [4.78, 5) is 16.0. The lowest BCUT2D eigenvalue weighted by Gasteiger charge is -2.05. The minimum Gasteiger partial charge on any atom is -0.462 e. The number of hydrogen-bond donors (Lipinski definition) is 0. The van der Waals surface area contributed by atoms with Gasteiger partial charge in [0, 0.05) is 19.0 Å². The first-order chi connectivity index (χ1) is 9.22. The van der Waals surface area contributed by atoms with Crippen molar-refractivity contribution in [3.8, 4) is 0 Å². The summed E-state index contributed by atoms with van der Waals surface area (Å²) in [6.07, 6.45) is 3.30. The number of thioether (sulfide) groups is 1. The summed E-state index contributed by atoms with van der Waals surface area (Å²) in [7, 11) is 1.82. The van der Waals surface area contributed by atoms with Crippen molar-refractivity contribution in [2.24, 2.45) is 7.05 Å². The van der Waals surface area contributed by atoms with E-state index < -0.39 is 0 Å². The zero-order valence-corrected chi connectivity index (χ0v) is 11.7. The van der Waals surface area contributed by atoms with Gasteiger partial charge >= 0.3 is 5.97 Å². The van der Waals surface area contributed by atoms with Crippen molar-refractivity contribution in [1.29, 1.82) is 0 Å². The molecule has 2 aromatic rings. The molecule has 2 aromatic heterocycles. The molecule has 0 fully saturated rings. The summed E-state index contributed by atoms with van der Waals surface area (Å²) in [5, 5.41) is 5.03. The molecule has 0 saturated heterocycles. The summed E-state index contributed by atoms with van der Waals surface area (Å²) in [5.41, 5.74) is 1.36. The Morgan fingerprint density at radius 1 is 1.47 bits per heavy atom. The van der Waals surface area contributed by atoms with Crippen LogP contribution in [0.3, 0.4) is 0 Å². The number of rotatable bonds is 5. The normalized spacial score (nSPS) is 10.4. The van der Waals surface area contributed by atoms with Gasteiger partial charge in [0.15, 0.2) is 0 Å². The maximum atomic E-state index is 11.8. The third-order valence-corrected chi connectivity index (χ3v) is 3.51. The van der Waals surface area contributed by atoms with Gasteiger partial charge in [0.1, 0.15) is 5.56 Å². The molecule has 0 bridgehead atoms. The van der Waals surface area contributed by atoms with Gasteiger partial charge in [0.2, 0.25) is 0 Å². The zero-order valence-electron chi connectivity index (χ0n) is 10.9. The van der Waals surface area contributed by atoms with Crippen LogP contribution in [0.5, 0.6) is 0 Å². The summed E-state index contributed by atoms with van der Waals surface area (Å²) >= 11 is 1.56. The molecule has 0 spiro atoms. The molecule has 2 rings (SSSR count). The molecule has 0 aromatic carbocycles. The van der Waals surface area contributed by atoms with Gasteiger partial charge in [0.25, 0.3) is 0 Å². The van der Waals surface area contributed by atoms with Crippen molar-refractivity contribution >= 4 is 17.7 Å². The van der Waals surface area contributed by atoms with E-state index >= 15 is 0 Å². The quantitative estimate of drug-likeness (QED) is 0.620. The van der Waals surface area contributed by atoms with Crippen molar-refractivity contribution in [2.45, 2.75) is 17.7 Å². The second kappa shape index (κ2) is 6.38. The monoisotopic (exact) mass is 277 g/mol. The van der Waals surface area contributed by atoms with Crippen LogP contribution in [0, 0.1) is 0 Å². The van der Waals surface area contributed by atoms with E-state index in [9.17, 15) is 4.79 Å². The van der Waals surface area contributed by atoms with Gasteiger partial charge in [-0.3, -0.25) is 4.68 Å². The summed E-state index contributed by atoms with van der Waals surface area (Å²) < 4.78 is 6.71. The average molecular weight is 277 g/mol. The highest BCUT2D eigenvalue weighted by Crippen LogP contribution is 2.22. The summed E-state index contributed by atoms with van der Waals surface area (Å²) in [5.74, 6) is 0.300. The molecule has 0 aliphatic carbocycles. The molecule has 0 saturated carbocycles. The zero-order chi connectivity index (χ0) is 13.7. The number of ether oxygens (including phenoxy) is 1. The second-order valence-electron chi connectivity index (χ2n) is 3.81. The van der Waals surface area contributed by atoms with Gasteiger partial charge in [-0.15, -0.1) is 11.8 Å². The minimum absolute atomic E-state index is 0.327. The minimum atomic E-state index is -0.327. The molecular formula is C13H15N3O2S. The molecule has 0 unspecified atom stereocenters. The molecule has 0 radical (unpaired) electrons. The Labute approximate surface area is 116 Å². The molecule has 0 aliphatic rings. The van der Waals surface area contributed by atoms with Gasteiger partial charge in [-0.1, -0.05) is 6.07 Å². The van der Waals surface area contributed by atoms with Crippen LogP contribution in [0.1, 0.15) is 23.0 Å². The van der Waals surface area contributed by atoms with Crippen molar-refractivity contribution in [2.75, 3.05) is 6.61 Å². The third kappa shape index (κ3) is 3.35. The van der Waals surface area contributed by atoms with E-state index in [1.807, 2.05) is 25.2 Å².